The van der Waals surface area contributed by atoms with Gasteiger partial charge >= 0.3 is 0 Å². The van der Waals surface area contributed by atoms with Crippen LogP contribution < -0.4 is 0 Å². The summed E-state index contributed by atoms with van der Waals surface area (Å²) in [5.74, 6) is 1.85. The molecule has 14 aromatic rings. The van der Waals surface area contributed by atoms with Crippen LogP contribution in [0.1, 0.15) is 0 Å². The quantitative estimate of drug-likeness (QED) is 0.118. The number of hydrogen-bond acceptors (Lipinski definition) is 9. The molecule has 84 heavy (non-hydrogen) atoms. The van der Waals surface area contributed by atoms with Gasteiger partial charge in [-0.25, -0.2) is 15.0 Å². The number of pyridine rings is 6. The van der Waals surface area contributed by atoms with Crippen LogP contribution >= 0.6 is 0 Å². The number of rotatable bonds is 12. The van der Waals surface area contributed by atoms with Crippen LogP contribution in [0.25, 0.3) is 134 Å². The van der Waals surface area contributed by atoms with Crippen molar-refractivity contribution in [2.75, 3.05) is 0 Å². The summed E-state index contributed by atoms with van der Waals surface area (Å²) in [4.78, 5) is 39.6. The van der Waals surface area contributed by atoms with Crippen LogP contribution in [0, 0.1) is 0 Å². The van der Waals surface area contributed by atoms with Crippen molar-refractivity contribution in [3.05, 3.63) is 311 Å². The second-order valence-corrected chi connectivity index (χ2v) is 20.0. The van der Waals surface area contributed by atoms with E-state index in [4.69, 9.17) is 15.0 Å². The zero-order chi connectivity index (χ0) is 56.3. The first-order valence-corrected chi connectivity index (χ1v) is 27.6. The van der Waals surface area contributed by atoms with Crippen LogP contribution in [0.4, 0.5) is 0 Å². The summed E-state index contributed by atoms with van der Waals surface area (Å²) in [5, 5.41) is 0. The summed E-state index contributed by atoms with van der Waals surface area (Å²) in [6, 6.07) is 82.3. The van der Waals surface area contributed by atoms with Crippen LogP contribution in [0.5, 0.6) is 0 Å². The van der Waals surface area contributed by atoms with Gasteiger partial charge in [-0.2, -0.15) is 0 Å². The predicted octanol–water partition coefficient (Wildman–Crippen LogP) is 17.9. The minimum Gasteiger partial charge on any atom is -0.265 e. The highest BCUT2D eigenvalue weighted by Gasteiger charge is 2.15. The van der Waals surface area contributed by atoms with Crippen LogP contribution in [0.15, 0.2) is 311 Å². The second-order valence-electron chi connectivity index (χ2n) is 20.0. The molecule has 9 heteroatoms. The van der Waals surface area contributed by atoms with Gasteiger partial charge in [-0.3, -0.25) is 29.9 Å². The van der Waals surface area contributed by atoms with Gasteiger partial charge in [0.05, 0.1) is 0 Å². The van der Waals surface area contributed by atoms with Crippen molar-refractivity contribution >= 4 is 0 Å². The Kier molecular flexibility index (Phi) is 15.1. The lowest BCUT2D eigenvalue weighted by Gasteiger charge is -2.13. The molecule has 0 radical (unpaired) electrons. The first-order valence-electron chi connectivity index (χ1n) is 27.6. The monoisotopic (exact) mass is 1080 g/mol. The first-order chi connectivity index (χ1) is 41.6. The summed E-state index contributed by atoms with van der Waals surface area (Å²) >= 11 is 0. The maximum atomic E-state index is 4.92. The van der Waals surface area contributed by atoms with E-state index >= 15 is 0 Å². The summed E-state index contributed by atoms with van der Waals surface area (Å²) < 4.78 is 0. The van der Waals surface area contributed by atoms with Gasteiger partial charge < -0.3 is 0 Å². The van der Waals surface area contributed by atoms with Gasteiger partial charge in [-0.05, 0) is 191 Å². The lowest BCUT2D eigenvalue weighted by Crippen LogP contribution is -2.00. The standard InChI is InChI=1S/C39H27N3.C36H24N6/c1-7-31(8-2-28(1)34-13-19-40-20-14-34)37-25-38(32-9-3-29(4-10-32)35-15-21-41-22-16-35)27-39(26-37)33-11-5-30(6-12-33)36-17-23-42-24-18-36;1-7-31(8-2-25(1)28-13-19-37-20-14-28)34-40-35(32-9-3-26(4-10-32)29-15-21-38-22-16-29)42-36(41-34)33-11-5-27(6-12-33)30-17-23-39-24-18-30/h1-27H;1-24H. The summed E-state index contributed by atoms with van der Waals surface area (Å²) in [5.41, 5.74) is 23.5. The highest BCUT2D eigenvalue weighted by atomic mass is 15.0. The van der Waals surface area contributed by atoms with E-state index in [1.807, 2.05) is 110 Å². The fraction of sp³-hybridized carbons (Fsp3) is 0. The third kappa shape index (κ3) is 12.0. The minimum atomic E-state index is 0.618. The molecule has 0 atom stereocenters. The van der Waals surface area contributed by atoms with E-state index in [2.05, 4.69) is 194 Å². The molecule has 14 rings (SSSR count). The van der Waals surface area contributed by atoms with Crippen LogP contribution in [-0.4, -0.2) is 44.9 Å². The van der Waals surface area contributed by atoms with Gasteiger partial charge in [-0.1, -0.05) is 146 Å². The number of hydrogen-bond donors (Lipinski definition) is 0. The Hall–Kier alpha value is -11.6. The average molecular weight is 1080 g/mol. The Balaban J connectivity index is 0.000000157. The van der Waals surface area contributed by atoms with E-state index in [9.17, 15) is 0 Å². The Bertz CT molecular complexity index is 3650. The molecule has 7 aromatic carbocycles. The molecule has 0 bridgehead atoms. The van der Waals surface area contributed by atoms with Gasteiger partial charge in [0.2, 0.25) is 0 Å². The Morgan fingerprint density at radius 1 is 0.119 bits per heavy atom. The van der Waals surface area contributed by atoms with E-state index in [0.29, 0.717) is 17.5 Å². The molecule has 0 aliphatic carbocycles. The molecule has 0 N–H and O–H groups in total. The molecule has 7 aromatic heterocycles. The maximum Gasteiger partial charge on any atom is 0.164 e. The van der Waals surface area contributed by atoms with E-state index in [1.54, 1.807) is 37.2 Å². The SMILES string of the molecule is c1cc(-c2ccc(-c3cc(-c4ccc(-c5ccncc5)cc4)cc(-c4ccc(-c5ccncc5)cc4)c3)cc2)ccn1.c1cc(-c2ccc(-c3nc(-c4ccc(-c5ccncc5)cc4)nc(-c4ccc(-c5ccncc5)cc4)n3)cc2)ccn1. The third-order valence-corrected chi connectivity index (χ3v) is 14.7. The fourth-order valence-corrected chi connectivity index (χ4v) is 10.2. The molecule has 0 saturated heterocycles. The summed E-state index contributed by atoms with van der Waals surface area (Å²) in [7, 11) is 0. The molecule has 0 spiro atoms. The van der Waals surface area contributed by atoms with Crippen LogP contribution in [0.3, 0.4) is 0 Å². The highest BCUT2D eigenvalue weighted by Crippen LogP contribution is 2.36. The second kappa shape index (κ2) is 24.4. The van der Waals surface area contributed by atoms with Crippen molar-refractivity contribution in [2.45, 2.75) is 0 Å². The molecule has 7 heterocycles. The normalized spacial score (nSPS) is 10.9. The minimum absolute atomic E-state index is 0.618. The van der Waals surface area contributed by atoms with Crippen LogP contribution in [0.2, 0.25) is 0 Å². The van der Waals surface area contributed by atoms with Gasteiger partial charge in [0.1, 0.15) is 0 Å². The van der Waals surface area contributed by atoms with E-state index in [-0.39, 0.29) is 0 Å². The fourth-order valence-electron chi connectivity index (χ4n) is 10.2. The Labute approximate surface area is 487 Å². The summed E-state index contributed by atoms with van der Waals surface area (Å²) in [6.45, 7) is 0. The maximum absolute atomic E-state index is 4.92. The Morgan fingerprint density at radius 3 is 0.393 bits per heavy atom. The number of benzene rings is 7. The van der Waals surface area contributed by atoms with Crippen molar-refractivity contribution in [3.8, 4) is 134 Å². The molecule has 0 aliphatic rings. The third-order valence-electron chi connectivity index (χ3n) is 14.7. The van der Waals surface area contributed by atoms with Gasteiger partial charge in [0, 0.05) is 91.1 Å². The molecular formula is C75H51N9. The van der Waals surface area contributed by atoms with E-state index < -0.39 is 0 Å². The molecule has 9 nitrogen and oxygen atoms in total. The molecule has 396 valence electrons. The number of aromatic nitrogens is 9. The zero-order valence-corrected chi connectivity index (χ0v) is 45.5. The molecule has 0 amide bonds. The van der Waals surface area contributed by atoms with Crippen molar-refractivity contribution in [2.24, 2.45) is 0 Å². The van der Waals surface area contributed by atoms with Crippen molar-refractivity contribution in [3.63, 3.8) is 0 Å². The summed E-state index contributed by atoms with van der Waals surface area (Å²) in [6.07, 6.45) is 21.8. The molecule has 0 aliphatic heterocycles. The highest BCUT2D eigenvalue weighted by molar-refractivity contribution is 5.84. The van der Waals surface area contributed by atoms with E-state index in [1.165, 1.54) is 50.1 Å². The van der Waals surface area contributed by atoms with Gasteiger partial charge in [0.15, 0.2) is 17.5 Å². The predicted molar refractivity (Wildman–Crippen MR) is 338 cm³/mol. The topological polar surface area (TPSA) is 116 Å². The number of nitrogens with zero attached hydrogens (tertiary/aromatic N) is 9. The Morgan fingerprint density at radius 2 is 0.238 bits per heavy atom. The molecule has 0 saturated carbocycles. The average Bonchev–Trinajstić information content (AvgIpc) is 3.69. The smallest absolute Gasteiger partial charge is 0.164 e. The van der Waals surface area contributed by atoms with Gasteiger partial charge in [-0.15, -0.1) is 0 Å². The largest absolute Gasteiger partial charge is 0.265 e. The molecular weight excluding hydrogens is 1030 g/mol. The van der Waals surface area contributed by atoms with Crippen molar-refractivity contribution < 1.29 is 0 Å². The van der Waals surface area contributed by atoms with Crippen molar-refractivity contribution in [1.82, 2.24) is 44.9 Å². The van der Waals surface area contributed by atoms with Crippen molar-refractivity contribution in [1.29, 1.82) is 0 Å². The van der Waals surface area contributed by atoms with Crippen LogP contribution in [-0.2, 0) is 0 Å². The van der Waals surface area contributed by atoms with E-state index in [0.717, 1.165) is 66.8 Å². The molecule has 0 fully saturated rings. The lowest BCUT2D eigenvalue weighted by atomic mass is 9.91. The zero-order valence-electron chi connectivity index (χ0n) is 45.5. The molecule has 0 unspecified atom stereocenters. The first kappa shape index (κ1) is 51.9. The lowest BCUT2D eigenvalue weighted by molar-refractivity contribution is 1.07. The van der Waals surface area contributed by atoms with Gasteiger partial charge in [0.25, 0.3) is 0 Å².